The lowest BCUT2D eigenvalue weighted by Crippen LogP contribution is -2.26. The van der Waals surface area contributed by atoms with Crippen molar-refractivity contribution in [3.63, 3.8) is 0 Å². The number of hydrogen-bond acceptors (Lipinski definition) is 3. The second-order valence-corrected chi connectivity index (χ2v) is 7.85. The molecule has 2 aromatic rings. The van der Waals surface area contributed by atoms with Gasteiger partial charge in [0.2, 0.25) is 9.84 Å². The monoisotopic (exact) mass is 417 g/mol. The standard InChI is InChI=1S/C16H14BrF2NO3S/c1-20(10-12-4-2-3-5-14(12)17)15(21)11-6-8-13(9-7-11)24(22,23)16(18)19/h2-9,16H,10H2,1H3. The maximum atomic E-state index is 12.5. The van der Waals surface area contributed by atoms with Crippen molar-refractivity contribution in [3.05, 3.63) is 64.1 Å². The van der Waals surface area contributed by atoms with Crippen LogP contribution >= 0.6 is 15.9 Å². The van der Waals surface area contributed by atoms with Crippen LogP contribution in [0, 0.1) is 0 Å². The Morgan fingerprint density at radius 2 is 1.71 bits per heavy atom. The molecule has 0 aliphatic carbocycles. The highest BCUT2D eigenvalue weighted by molar-refractivity contribution is 9.10. The van der Waals surface area contributed by atoms with Crippen LogP contribution in [0.25, 0.3) is 0 Å². The van der Waals surface area contributed by atoms with Gasteiger partial charge in [-0.2, -0.15) is 8.78 Å². The van der Waals surface area contributed by atoms with Gasteiger partial charge in [-0.15, -0.1) is 0 Å². The first-order valence-corrected chi connectivity index (χ1v) is 9.18. The Morgan fingerprint density at radius 1 is 1.12 bits per heavy atom. The molecular formula is C16H14BrF2NO3S. The summed E-state index contributed by atoms with van der Waals surface area (Å²) in [6, 6.07) is 11.9. The number of sulfone groups is 1. The van der Waals surface area contributed by atoms with Gasteiger partial charge in [-0.25, -0.2) is 8.42 Å². The molecule has 0 aliphatic heterocycles. The van der Waals surface area contributed by atoms with Crippen molar-refractivity contribution >= 4 is 31.7 Å². The van der Waals surface area contributed by atoms with Crippen LogP contribution in [-0.2, 0) is 16.4 Å². The fraction of sp³-hybridized carbons (Fsp3) is 0.188. The lowest BCUT2D eigenvalue weighted by molar-refractivity contribution is 0.0784. The van der Waals surface area contributed by atoms with Gasteiger partial charge in [0.05, 0.1) is 4.90 Å². The number of nitrogens with zero attached hydrogens (tertiary/aromatic N) is 1. The molecular weight excluding hydrogens is 404 g/mol. The quantitative estimate of drug-likeness (QED) is 0.744. The van der Waals surface area contributed by atoms with Crippen molar-refractivity contribution < 1.29 is 22.0 Å². The van der Waals surface area contributed by atoms with E-state index in [4.69, 9.17) is 0 Å². The number of rotatable bonds is 5. The number of hydrogen-bond donors (Lipinski definition) is 0. The molecule has 0 saturated heterocycles. The summed E-state index contributed by atoms with van der Waals surface area (Å²) in [6.07, 6.45) is 0. The normalized spacial score (nSPS) is 11.5. The van der Waals surface area contributed by atoms with Gasteiger partial charge in [-0.3, -0.25) is 4.79 Å². The van der Waals surface area contributed by atoms with Gasteiger partial charge in [-0.1, -0.05) is 34.1 Å². The summed E-state index contributed by atoms with van der Waals surface area (Å²) < 4.78 is 48.6. The van der Waals surface area contributed by atoms with Crippen LogP contribution in [0.3, 0.4) is 0 Å². The predicted octanol–water partition coefficient (Wildman–Crippen LogP) is 3.72. The van der Waals surface area contributed by atoms with Crippen LogP contribution in [0.4, 0.5) is 8.78 Å². The Kier molecular flexibility index (Phi) is 5.71. The minimum Gasteiger partial charge on any atom is -0.337 e. The van der Waals surface area contributed by atoms with Crippen LogP contribution in [0.5, 0.6) is 0 Å². The molecule has 24 heavy (non-hydrogen) atoms. The Bertz CT molecular complexity index is 839. The molecule has 0 aromatic heterocycles. The molecule has 0 radical (unpaired) electrons. The lowest BCUT2D eigenvalue weighted by atomic mass is 10.1. The van der Waals surface area contributed by atoms with Crippen LogP contribution in [-0.4, -0.2) is 32.0 Å². The molecule has 0 atom stereocenters. The van der Waals surface area contributed by atoms with E-state index < -0.39 is 20.5 Å². The first-order chi connectivity index (χ1) is 11.2. The van der Waals surface area contributed by atoms with Gasteiger partial charge in [0.1, 0.15) is 0 Å². The topological polar surface area (TPSA) is 54.5 Å². The smallest absolute Gasteiger partial charge is 0.337 e. The molecule has 0 fully saturated rings. The molecule has 2 aromatic carbocycles. The average Bonchev–Trinajstić information content (AvgIpc) is 2.56. The van der Waals surface area contributed by atoms with Crippen LogP contribution in [0.1, 0.15) is 15.9 Å². The molecule has 0 aliphatic rings. The molecule has 4 nitrogen and oxygen atoms in total. The summed E-state index contributed by atoms with van der Waals surface area (Å²) in [7, 11) is -3.06. The van der Waals surface area contributed by atoms with Crippen molar-refractivity contribution in [1.82, 2.24) is 4.90 Å². The first-order valence-electron chi connectivity index (χ1n) is 6.84. The fourth-order valence-electron chi connectivity index (χ4n) is 2.06. The van der Waals surface area contributed by atoms with Gasteiger partial charge >= 0.3 is 5.76 Å². The number of carbonyl (C=O) groups excluding carboxylic acids is 1. The van der Waals surface area contributed by atoms with E-state index in [1.165, 1.54) is 17.0 Å². The third-order valence-electron chi connectivity index (χ3n) is 3.38. The summed E-state index contributed by atoms with van der Waals surface area (Å²) in [5.74, 6) is -3.83. The van der Waals surface area contributed by atoms with Crippen molar-refractivity contribution in [2.24, 2.45) is 0 Å². The van der Waals surface area contributed by atoms with E-state index in [1.54, 1.807) is 7.05 Å². The lowest BCUT2D eigenvalue weighted by Gasteiger charge is -2.18. The molecule has 0 bridgehead atoms. The number of alkyl halides is 2. The van der Waals surface area contributed by atoms with E-state index in [9.17, 15) is 22.0 Å². The Balaban J connectivity index is 2.17. The van der Waals surface area contributed by atoms with Gasteiger partial charge in [-0.05, 0) is 35.9 Å². The molecule has 0 unspecified atom stereocenters. The fourth-order valence-corrected chi connectivity index (χ4v) is 3.20. The number of carbonyl (C=O) groups is 1. The van der Waals surface area contributed by atoms with Crippen molar-refractivity contribution in [2.45, 2.75) is 17.2 Å². The van der Waals surface area contributed by atoms with Gasteiger partial charge in [0.15, 0.2) is 0 Å². The maximum absolute atomic E-state index is 12.5. The predicted molar refractivity (Wildman–Crippen MR) is 89.6 cm³/mol. The van der Waals surface area contributed by atoms with E-state index in [2.05, 4.69) is 15.9 Å². The third-order valence-corrected chi connectivity index (χ3v) is 5.55. The third kappa shape index (κ3) is 3.99. The summed E-state index contributed by atoms with van der Waals surface area (Å²) in [5.41, 5.74) is 1.13. The Hall–Kier alpha value is -1.80. The molecule has 2 rings (SSSR count). The summed E-state index contributed by atoms with van der Waals surface area (Å²) in [6.45, 7) is 0.345. The summed E-state index contributed by atoms with van der Waals surface area (Å²) in [5, 5.41) is 0. The number of amides is 1. The van der Waals surface area contributed by atoms with Crippen molar-refractivity contribution in [2.75, 3.05) is 7.05 Å². The van der Waals surface area contributed by atoms with Gasteiger partial charge < -0.3 is 4.90 Å². The molecule has 0 saturated carbocycles. The van der Waals surface area contributed by atoms with Crippen LogP contribution < -0.4 is 0 Å². The van der Waals surface area contributed by atoms with E-state index in [-0.39, 0.29) is 11.5 Å². The molecule has 128 valence electrons. The molecule has 1 amide bonds. The highest BCUT2D eigenvalue weighted by Crippen LogP contribution is 2.21. The zero-order valence-electron chi connectivity index (χ0n) is 12.6. The Morgan fingerprint density at radius 3 is 2.25 bits per heavy atom. The largest absolute Gasteiger partial charge is 0.341 e. The van der Waals surface area contributed by atoms with Crippen molar-refractivity contribution in [1.29, 1.82) is 0 Å². The first kappa shape index (κ1) is 18.5. The van der Waals surface area contributed by atoms with E-state index in [1.807, 2.05) is 24.3 Å². The zero-order valence-corrected chi connectivity index (χ0v) is 15.0. The number of halogens is 3. The van der Waals surface area contributed by atoms with Gasteiger partial charge in [0, 0.05) is 23.6 Å². The molecule has 8 heteroatoms. The van der Waals surface area contributed by atoms with Crippen LogP contribution in [0.2, 0.25) is 0 Å². The summed E-state index contributed by atoms with van der Waals surface area (Å²) >= 11 is 3.40. The molecule has 0 spiro atoms. The van der Waals surface area contributed by atoms with E-state index in [0.717, 1.165) is 22.2 Å². The number of benzene rings is 2. The maximum Gasteiger partial charge on any atom is 0.341 e. The zero-order chi connectivity index (χ0) is 17.9. The second-order valence-electron chi connectivity index (χ2n) is 5.08. The van der Waals surface area contributed by atoms with E-state index >= 15 is 0 Å². The van der Waals surface area contributed by atoms with Crippen LogP contribution in [0.15, 0.2) is 57.9 Å². The minimum absolute atomic E-state index is 0.220. The summed E-state index contributed by atoms with van der Waals surface area (Å²) in [4.78, 5) is 13.3. The molecule has 0 N–H and O–H groups in total. The van der Waals surface area contributed by atoms with Crippen molar-refractivity contribution in [3.8, 4) is 0 Å². The average molecular weight is 418 g/mol. The van der Waals surface area contributed by atoms with E-state index in [0.29, 0.717) is 6.54 Å². The molecule has 0 heterocycles. The highest BCUT2D eigenvalue weighted by Gasteiger charge is 2.26. The second kappa shape index (κ2) is 7.40. The Labute approximate surface area is 147 Å². The SMILES string of the molecule is CN(Cc1ccccc1Br)C(=O)c1ccc(S(=O)(=O)C(F)F)cc1. The minimum atomic E-state index is -4.66. The van der Waals surface area contributed by atoms with Gasteiger partial charge in [0.25, 0.3) is 5.91 Å². The highest BCUT2D eigenvalue weighted by atomic mass is 79.9.